The van der Waals surface area contributed by atoms with Crippen LogP contribution in [-0.2, 0) is 0 Å². The third kappa shape index (κ3) is 4.35. The Bertz CT molecular complexity index is 1410. The van der Waals surface area contributed by atoms with Crippen molar-refractivity contribution >= 4 is 33.9 Å². The van der Waals surface area contributed by atoms with Crippen molar-refractivity contribution in [3.8, 4) is 11.3 Å². The molecule has 34 heavy (non-hydrogen) atoms. The number of carbonyl (C=O) groups is 1. The highest BCUT2D eigenvalue weighted by Crippen LogP contribution is 2.29. The molecule has 1 fully saturated rings. The molecule has 3 heterocycles. The lowest BCUT2D eigenvalue weighted by Gasteiger charge is -2.34. The fraction of sp³-hybridized carbons (Fsp3) is 0.192. The summed E-state index contributed by atoms with van der Waals surface area (Å²) in [5.41, 5.74) is 9.02. The molecule has 1 aliphatic heterocycles. The first-order valence-corrected chi connectivity index (χ1v) is 11.2. The molecule has 0 atom stereocenters. The van der Waals surface area contributed by atoms with E-state index in [2.05, 4.69) is 39.3 Å². The largest absolute Gasteiger partial charge is 0.369 e. The van der Waals surface area contributed by atoms with Crippen LogP contribution in [0.5, 0.6) is 0 Å². The maximum atomic E-state index is 12.7. The minimum Gasteiger partial charge on any atom is -0.369 e. The van der Waals surface area contributed by atoms with Crippen molar-refractivity contribution in [2.75, 3.05) is 43.4 Å². The highest BCUT2D eigenvalue weighted by Gasteiger charge is 2.15. The number of carbonyl (C=O) groups excluding carboxylic acids is 1. The summed E-state index contributed by atoms with van der Waals surface area (Å²) in [5.74, 6) is -0.0518. The Balaban J connectivity index is 1.51. The minimum absolute atomic E-state index is 0.223. The van der Waals surface area contributed by atoms with Crippen LogP contribution in [0.1, 0.15) is 10.4 Å². The van der Waals surface area contributed by atoms with E-state index in [0.717, 1.165) is 42.8 Å². The molecule has 8 heteroatoms. The number of pyridine rings is 2. The van der Waals surface area contributed by atoms with E-state index < -0.39 is 5.91 Å². The first-order valence-electron chi connectivity index (χ1n) is 11.2. The van der Waals surface area contributed by atoms with E-state index in [0.29, 0.717) is 22.5 Å². The SMILES string of the molecule is CN1CCN(c2ccc(Nc3nc(-c4cccc(C(N)=O)c4)cc4cc[nH]c(=O)c34)cc2)CC1. The number of amides is 1. The molecule has 5 rings (SSSR count). The molecule has 1 aliphatic rings. The first kappa shape index (κ1) is 21.7. The average Bonchev–Trinajstić information content (AvgIpc) is 2.85. The molecule has 2 aromatic heterocycles. The van der Waals surface area contributed by atoms with E-state index in [1.807, 2.05) is 30.3 Å². The highest BCUT2D eigenvalue weighted by molar-refractivity contribution is 5.97. The van der Waals surface area contributed by atoms with Crippen LogP contribution < -0.4 is 21.5 Å². The van der Waals surface area contributed by atoms with Crippen LogP contribution in [0.3, 0.4) is 0 Å². The molecule has 0 unspecified atom stereocenters. The molecule has 1 amide bonds. The predicted molar refractivity (Wildman–Crippen MR) is 136 cm³/mol. The molecule has 0 bridgehead atoms. The molecular formula is C26H26N6O2. The third-order valence-corrected chi connectivity index (χ3v) is 6.20. The molecule has 0 aliphatic carbocycles. The number of anilines is 3. The molecule has 4 N–H and O–H groups in total. The number of piperazine rings is 1. The van der Waals surface area contributed by atoms with Crippen LogP contribution >= 0.6 is 0 Å². The monoisotopic (exact) mass is 454 g/mol. The zero-order valence-corrected chi connectivity index (χ0v) is 18.9. The summed E-state index contributed by atoms with van der Waals surface area (Å²) in [6.07, 6.45) is 1.61. The van der Waals surface area contributed by atoms with Gasteiger partial charge in [-0.05, 0) is 61.0 Å². The van der Waals surface area contributed by atoms with Gasteiger partial charge in [-0.25, -0.2) is 4.98 Å². The zero-order chi connectivity index (χ0) is 23.7. The van der Waals surface area contributed by atoms with Gasteiger partial charge in [-0.15, -0.1) is 0 Å². The molecule has 8 nitrogen and oxygen atoms in total. The Kier molecular flexibility index (Phi) is 5.73. The maximum Gasteiger partial charge on any atom is 0.259 e. The van der Waals surface area contributed by atoms with Gasteiger partial charge in [0, 0.05) is 54.9 Å². The smallest absolute Gasteiger partial charge is 0.259 e. The van der Waals surface area contributed by atoms with Crippen molar-refractivity contribution in [3.63, 3.8) is 0 Å². The van der Waals surface area contributed by atoms with Crippen LogP contribution in [0.4, 0.5) is 17.2 Å². The number of nitrogens with two attached hydrogens (primary N) is 1. The Morgan fingerprint density at radius 3 is 2.53 bits per heavy atom. The normalized spacial score (nSPS) is 14.3. The molecular weight excluding hydrogens is 428 g/mol. The van der Waals surface area contributed by atoms with Gasteiger partial charge < -0.3 is 25.8 Å². The fourth-order valence-electron chi connectivity index (χ4n) is 4.24. The van der Waals surface area contributed by atoms with Crippen LogP contribution in [0, 0.1) is 0 Å². The Hall–Kier alpha value is -4.17. The lowest BCUT2D eigenvalue weighted by molar-refractivity contribution is 0.100. The van der Waals surface area contributed by atoms with Crippen LogP contribution in [-0.4, -0.2) is 54.0 Å². The van der Waals surface area contributed by atoms with E-state index >= 15 is 0 Å². The minimum atomic E-state index is -0.502. The van der Waals surface area contributed by atoms with Gasteiger partial charge >= 0.3 is 0 Å². The molecule has 0 spiro atoms. The highest BCUT2D eigenvalue weighted by atomic mass is 16.1. The number of aromatic nitrogens is 2. The number of likely N-dealkylation sites (N-methyl/N-ethyl adjacent to an activating group) is 1. The number of nitrogens with one attached hydrogen (secondary N) is 2. The summed E-state index contributed by atoms with van der Waals surface area (Å²) < 4.78 is 0. The number of aromatic amines is 1. The summed E-state index contributed by atoms with van der Waals surface area (Å²) in [5, 5.41) is 4.54. The van der Waals surface area contributed by atoms with Gasteiger partial charge in [0.2, 0.25) is 5.91 Å². The van der Waals surface area contributed by atoms with Gasteiger partial charge in [-0.3, -0.25) is 9.59 Å². The second-order valence-electron chi connectivity index (χ2n) is 8.53. The Morgan fingerprint density at radius 2 is 1.79 bits per heavy atom. The fourth-order valence-corrected chi connectivity index (χ4v) is 4.24. The van der Waals surface area contributed by atoms with Gasteiger partial charge in [-0.2, -0.15) is 0 Å². The zero-order valence-electron chi connectivity index (χ0n) is 18.9. The Labute approximate surface area is 197 Å². The van der Waals surface area contributed by atoms with Gasteiger partial charge in [-0.1, -0.05) is 12.1 Å². The van der Waals surface area contributed by atoms with Crippen molar-refractivity contribution in [2.24, 2.45) is 5.73 Å². The summed E-state index contributed by atoms with van der Waals surface area (Å²) in [7, 11) is 2.14. The summed E-state index contributed by atoms with van der Waals surface area (Å²) in [6.45, 7) is 4.08. The number of fused-ring (bicyclic) bond motifs is 1. The van der Waals surface area contributed by atoms with Crippen LogP contribution in [0.25, 0.3) is 22.0 Å². The van der Waals surface area contributed by atoms with E-state index in [4.69, 9.17) is 10.7 Å². The van der Waals surface area contributed by atoms with Gasteiger partial charge in [0.15, 0.2) is 0 Å². The second-order valence-corrected chi connectivity index (χ2v) is 8.53. The summed E-state index contributed by atoms with van der Waals surface area (Å²) >= 11 is 0. The second kappa shape index (κ2) is 8.99. The van der Waals surface area contributed by atoms with Crippen molar-refractivity contribution in [1.29, 1.82) is 0 Å². The number of nitrogens with zero attached hydrogens (tertiary/aromatic N) is 3. The van der Waals surface area contributed by atoms with Crippen molar-refractivity contribution in [1.82, 2.24) is 14.9 Å². The van der Waals surface area contributed by atoms with Crippen LogP contribution in [0.2, 0.25) is 0 Å². The van der Waals surface area contributed by atoms with Gasteiger partial charge in [0.25, 0.3) is 5.56 Å². The lowest BCUT2D eigenvalue weighted by atomic mass is 10.0. The maximum absolute atomic E-state index is 12.7. The van der Waals surface area contributed by atoms with E-state index in [9.17, 15) is 9.59 Å². The van der Waals surface area contributed by atoms with E-state index in [1.54, 1.807) is 24.4 Å². The number of H-pyrrole nitrogens is 1. The first-order chi connectivity index (χ1) is 16.5. The van der Waals surface area contributed by atoms with E-state index in [-0.39, 0.29) is 5.56 Å². The summed E-state index contributed by atoms with van der Waals surface area (Å²) in [4.78, 5) is 36.5. The number of hydrogen-bond donors (Lipinski definition) is 3. The number of benzene rings is 2. The predicted octanol–water partition coefficient (Wildman–Crippen LogP) is 3.18. The standard InChI is InChI=1S/C26H26N6O2/c1-31-11-13-32(14-12-31)21-7-5-20(6-8-21)29-25-23-18(9-10-28-26(23)34)16-22(30-25)17-3-2-4-19(15-17)24(27)33/h2-10,15-16H,11-14H2,1H3,(H2,27,33)(H,28,34)(H,29,30). The van der Waals surface area contributed by atoms with Gasteiger partial charge in [0.05, 0.1) is 11.1 Å². The van der Waals surface area contributed by atoms with E-state index in [1.165, 1.54) is 5.69 Å². The van der Waals surface area contributed by atoms with Crippen molar-refractivity contribution in [3.05, 3.63) is 82.8 Å². The number of rotatable bonds is 5. The lowest BCUT2D eigenvalue weighted by Crippen LogP contribution is -2.44. The molecule has 1 saturated heterocycles. The third-order valence-electron chi connectivity index (χ3n) is 6.20. The molecule has 0 saturated carbocycles. The molecule has 2 aromatic carbocycles. The Morgan fingerprint density at radius 1 is 1.03 bits per heavy atom. The molecule has 4 aromatic rings. The topological polar surface area (TPSA) is 107 Å². The van der Waals surface area contributed by atoms with Crippen molar-refractivity contribution in [2.45, 2.75) is 0 Å². The summed E-state index contributed by atoms with van der Waals surface area (Å²) in [6, 6.07) is 18.8. The quantitative estimate of drug-likeness (QED) is 0.428. The van der Waals surface area contributed by atoms with Crippen molar-refractivity contribution < 1.29 is 4.79 Å². The van der Waals surface area contributed by atoms with Gasteiger partial charge in [0.1, 0.15) is 5.82 Å². The number of primary amides is 1. The molecule has 172 valence electrons. The van der Waals surface area contributed by atoms with Crippen LogP contribution in [0.15, 0.2) is 71.7 Å². The average molecular weight is 455 g/mol. The number of hydrogen-bond acceptors (Lipinski definition) is 6. The molecule has 0 radical (unpaired) electrons.